The van der Waals surface area contributed by atoms with Crippen LogP contribution >= 0.6 is 0 Å². The number of alkyl carbamates (subject to hydrolysis) is 1. The fraction of sp³-hybridized carbons (Fsp3) is 0.769. The zero-order valence-corrected chi connectivity index (χ0v) is 11.5. The molecule has 100 valence electrons. The highest BCUT2D eigenvalue weighted by Gasteiger charge is 2.26. The van der Waals surface area contributed by atoms with E-state index in [1.54, 1.807) is 26.8 Å². The average Bonchev–Trinajstić information content (AvgIpc) is 2.11. The van der Waals surface area contributed by atoms with Crippen molar-refractivity contribution < 1.29 is 14.6 Å². The van der Waals surface area contributed by atoms with Gasteiger partial charge in [-0.25, -0.2) is 4.79 Å². The molecule has 0 aliphatic heterocycles. The van der Waals surface area contributed by atoms with Crippen LogP contribution in [0.4, 0.5) is 4.79 Å². The molecule has 1 amide bonds. The summed E-state index contributed by atoms with van der Waals surface area (Å²) in [6, 6.07) is -0.331. The maximum absolute atomic E-state index is 11.6. The molecule has 0 aliphatic carbocycles. The molecule has 17 heavy (non-hydrogen) atoms. The summed E-state index contributed by atoms with van der Waals surface area (Å²) >= 11 is 0. The van der Waals surface area contributed by atoms with E-state index in [1.165, 1.54) is 0 Å². The predicted octanol–water partition coefficient (Wildman–Crippen LogP) is 2.47. The van der Waals surface area contributed by atoms with Gasteiger partial charge in [0, 0.05) is 0 Å². The molecule has 2 atom stereocenters. The van der Waals surface area contributed by atoms with Crippen LogP contribution in [0, 0.1) is 5.92 Å². The summed E-state index contributed by atoms with van der Waals surface area (Å²) < 4.78 is 5.16. The Hall–Kier alpha value is -1.03. The smallest absolute Gasteiger partial charge is 0.407 e. The third kappa shape index (κ3) is 7.00. The fourth-order valence-corrected chi connectivity index (χ4v) is 1.47. The first kappa shape index (κ1) is 16.0. The summed E-state index contributed by atoms with van der Waals surface area (Å²) in [5.41, 5.74) is -0.533. The molecular weight excluding hydrogens is 218 g/mol. The lowest BCUT2D eigenvalue weighted by Gasteiger charge is -2.28. The summed E-state index contributed by atoms with van der Waals surface area (Å²) in [4.78, 5) is 11.6. The Morgan fingerprint density at radius 1 is 1.47 bits per heavy atom. The summed E-state index contributed by atoms with van der Waals surface area (Å²) in [5.74, 6) is 0.123. The Labute approximate surface area is 104 Å². The lowest BCUT2D eigenvalue weighted by Crippen LogP contribution is -2.48. The second-order valence-electron chi connectivity index (χ2n) is 5.51. The van der Waals surface area contributed by atoms with Crippen LogP contribution in [-0.4, -0.2) is 28.9 Å². The van der Waals surface area contributed by atoms with Gasteiger partial charge in [-0.1, -0.05) is 19.9 Å². The van der Waals surface area contributed by atoms with Crippen molar-refractivity contribution in [3.63, 3.8) is 0 Å². The van der Waals surface area contributed by atoms with Gasteiger partial charge in [0.05, 0.1) is 12.1 Å². The number of aliphatic hydroxyl groups is 1. The highest BCUT2D eigenvalue weighted by atomic mass is 16.6. The van der Waals surface area contributed by atoms with Crippen molar-refractivity contribution in [2.75, 3.05) is 0 Å². The molecule has 0 bridgehead atoms. The molecule has 0 aromatic rings. The van der Waals surface area contributed by atoms with Crippen molar-refractivity contribution >= 4 is 6.09 Å². The van der Waals surface area contributed by atoms with E-state index in [2.05, 4.69) is 11.9 Å². The molecule has 4 nitrogen and oxygen atoms in total. The largest absolute Gasteiger partial charge is 0.444 e. The molecule has 0 radical (unpaired) electrons. The maximum Gasteiger partial charge on any atom is 0.407 e. The number of carbonyl (C=O) groups is 1. The minimum atomic E-state index is -0.639. The van der Waals surface area contributed by atoms with E-state index < -0.39 is 17.8 Å². The van der Waals surface area contributed by atoms with Crippen molar-refractivity contribution in [2.24, 2.45) is 5.92 Å². The lowest BCUT2D eigenvalue weighted by molar-refractivity contribution is 0.0379. The van der Waals surface area contributed by atoms with E-state index in [0.717, 1.165) is 0 Å². The van der Waals surface area contributed by atoms with Gasteiger partial charge in [0.1, 0.15) is 5.60 Å². The second kappa shape index (κ2) is 6.64. The summed E-state index contributed by atoms with van der Waals surface area (Å²) in [6.45, 7) is 12.9. The lowest BCUT2D eigenvalue weighted by atomic mass is 9.96. The molecule has 0 aromatic heterocycles. The van der Waals surface area contributed by atoms with Crippen LogP contribution < -0.4 is 5.32 Å². The van der Waals surface area contributed by atoms with E-state index in [0.29, 0.717) is 6.42 Å². The van der Waals surface area contributed by atoms with Crippen molar-refractivity contribution in [2.45, 2.75) is 58.8 Å². The van der Waals surface area contributed by atoms with Crippen molar-refractivity contribution in [3.8, 4) is 0 Å². The predicted molar refractivity (Wildman–Crippen MR) is 68.8 cm³/mol. The van der Waals surface area contributed by atoms with Crippen LogP contribution in [-0.2, 0) is 4.74 Å². The van der Waals surface area contributed by atoms with Gasteiger partial charge in [0.25, 0.3) is 0 Å². The first-order valence-corrected chi connectivity index (χ1v) is 5.96. The molecule has 2 N–H and O–H groups in total. The average molecular weight is 243 g/mol. The number of rotatable bonds is 5. The molecule has 0 spiro atoms. The van der Waals surface area contributed by atoms with Gasteiger partial charge in [-0.05, 0) is 33.1 Å². The van der Waals surface area contributed by atoms with Crippen LogP contribution in [0.25, 0.3) is 0 Å². The third-order valence-electron chi connectivity index (χ3n) is 2.22. The molecular formula is C13H25NO3. The topological polar surface area (TPSA) is 58.6 Å². The quantitative estimate of drug-likeness (QED) is 0.729. The maximum atomic E-state index is 11.6. The highest BCUT2D eigenvalue weighted by molar-refractivity contribution is 5.68. The van der Waals surface area contributed by atoms with Crippen LogP contribution in [0.5, 0.6) is 0 Å². The van der Waals surface area contributed by atoms with Crippen LogP contribution in [0.1, 0.15) is 41.0 Å². The van der Waals surface area contributed by atoms with Gasteiger partial charge >= 0.3 is 6.09 Å². The molecule has 0 saturated heterocycles. The minimum absolute atomic E-state index is 0.123. The van der Waals surface area contributed by atoms with Crippen molar-refractivity contribution in [1.82, 2.24) is 5.32 Å². The molecule has 4 heteroatoms. The van der Waals surface area contributed by atoms with E-state index in [1.807, 2.05) is 13.8 Å². The first-order chi connectivity index (χ1) is 7.67. The monoisotopic (exact) mass is 243 g/mol. The Balaban J connectivity index is 4.45. The molecule has 0 aliphatic rings. The molecule has 1 unspecified atom stereocenters. The van der Waals surface area contributed by atoms with Crippen LogP contribution in [0.15, 0.2) is 12.7 Å². The number of nitrogens with one attached hydrogen (secondary N) is 1. The Morgan fingerprint density at radius 2 is 2.00 bits per heavy atom. The van der Waals surface area contributed by atoms with Gasteiger partial charge < -0.3 is 15.2 Å². The van der Waals surface area contributed by atoms with Crippen LogP contribution in [0.3, 0.4) is 0 Å². The standard InChI is InChI=1S/C13H25NO3/c1-7-8-10(15)11(9(2)3)14-12(16)17-13(4,5)6/h7,9-11,15H,1,8H2,2-6H3,(H,14,16)/t10?,11-/m0/s1. The number of aliphatic hydroxyl groups excluding tert-OH is 1. The van der Waals surface area contributed by atoms with E-state index in [9.17, 15) is 9.90 Å². The molecule has 0 aromatic carbocycles. The SMILES string of the molecule is C=CCC(O)[C@@H](NC(=O)OC(C)(C)C)C(C)C. The van der Waals surface area contributed by atoms with Gasteiger partial charge in [0.15, 0.2) is 0 Å². The third-order valence-corrected chi connectivity index (χ3v) is 2.22. The number of hydrogen-bond donors (Lipinski definition) is 2. The van der Waals surface area contributed by atoms with Crippen molar-refractivity contribution in [1.29, 1.82) is 0 Å². The zero-order valence-electron chi connectivity index (χ0n) is 11.5. The molecule has 0 rings (SSSR count). The highest BCUT2D eigenvalue weighted by Crippen LogP contribution is 2.12. The van der Waals surface area contributed by atoms with Gasteiger partial charge in [-0.3, -0.25) is 0 Å². The Morgan fingerprint density at radius 3 is 2.35 bits per heavy atom. The zero-order chi connectivity index (χ0) is 13.6. The fourth-order valence-electron chi connectivity index (χ4n) is 1.47. The first-order valence-electron chi connectivity index (χ1n) is 5.96. The number of carbonyl (C=O) groups excluding carboxylic acids is 1. The number of amides is 1. The second-order valence-corrected chi connectivity index (χ2v) is 5.51. The molecule has 0 fully saturated rings. The Kier molecular flexibility index (Phi) is 6.24. The van der Waals surface area contributed by atoms with E-state index in [-0.39, 0.29) is 12.0 Å². The van der Waals surface area contributed by atoms with Gasteiger partial charge in [-0.15, -0.1) is 6.58 Å². The molecule has 0 saturated carbocycles. The van der Waals surface area contributed by atoms with Gasteiger partial charge in [0.2, 0.25) is 0 Å². The number of ether oxygens (including phenoxy) is 1. The van der Waals surface area contributed by atoms with Gasteiger partial charge in [-0.2, -0.15) is 0 Å². The summed E-state index contributed by atoms with van der Waals surface area (Å²) in [6.07, 6.45) is 0.939. The number of hydrogen-bond acceptors (Lipinski definition) is 3. The van der Waals surface area contributed by atoms with Crippen LogP contribution in [0.2, 0.25) is 0 Å². The summed E-state index contributed by atoms with van der Waals surface area (Å²) in [5, 5.41) is 12.6. The van der Waals surface area contributed by atoms with E-state index >= 15 is 0 Å². The normalized spacial score (nSPS) is 15.2. The van der Waals surface area contributed by atoms with E-state index in [4.69, 9.17) is 4.74 Å². The van der Waals surface area contributed by atoms with Crippen molar-refractivity contribution in [3.05, 3.63) is 12.7 Å². The minimum Gasteiger partial charge on any atom is -0.444 e. The Bertz CT molecular complexity index is 256. The summed E-state index contributed by atoms with van der Waals surface area (Å²) in [7, 11) is 0. The molecule has 0 heterocycles.